The van der Waals surface area contributed by atoms with Crippen LogP contribution in [0.2, 0.25) is 0 Å². The summed E-state index contributed by atoms with van der Waals surface area (Å²) in [5.74, 6) is -1.09. The molecule has 9 heteroatoms. The van der Waals surface area contributed by atoms with E-state index in [2.05, 4.69) is 4.36 Å². The second kappa shape index (κ2) is 9.85. The second-order valence-corrected chi connectivity index (χ2v) is 5.08. The van der Waals surface area contributed by atoms with Crippen LogP contribution < -0.4 is 0 Å². The van der Waals surface area contributed by atoms with Gasteiger partial charge in [-0.15, -0.1) is 0 Å². The maximum absolute atomic E-state index is 10.5. The normalized spacial score (nSPS) is 10.7. The highest BCUT2D eigenvalue weighted by Gasteiger charge is 2.14. The molecule has 8 nitrogen and oxygen atoms in total. The predicted octanol–water partition coefficient (Wildman–Crippen LogP) is 2.86. The van der Waals surface area contributed by atoms with Crippen LogP contribution in [0, 0.1) is 10.1 Å². The fraction of sp³-hybridized carbons (Fsp3) is 0.133. The van der Waals surface area contributed by atoms with Gasteiger partial charge in [-0.3, -0.25) is 14.9 Å². The van der Waals surface area contributed by atoms with Gasteiger partial charge in [0.25, 0.3) is 5.69 Å². The van der Waals surface area contributed by atoms with Crippen molar-refractivity contribution in [1.29, 1.82) is 0 Å². The quantitative estimate of drug-likeness (QED) is 0.652. The molecule has 0 radical (unpaired) electrons. The molecule has 0 fully saturated rings. The van der Waals surface area contributed by atoms with Crippen molar-refractivity contribution >= 4 is 22.2 Å². The summed E-state index contributed by atoms with van der Waals surface area (Å²) in [6.07, 6.45) is -0.335. The molecular formula is C15H14N2O6S. The molecule has 1 N–H and O–H groups in total. The van der Waals surface area contributed by atoms with Crippen LogP contribution >= 0.6 is 0 Å². The first-order chi connectivity index (χ1) is 11.4. The third-order valence-corrected chi connectivity index (χ3v) is 3.16. The molecule has 0 aliphatic carbocycles. The number of carbonyl (C=O) groups is 1. The summed E-state index contributed by atoms with van der Waals surface area (Å²) in [5, 5.41) is 18.6. The first kappa shape index (κ1) is 19.0. The van der Waals surface area contributed by atoms with Gasteiger partial charge in [0.2, 0.25) is 0 Å². The first-order valence-corrected chi connectivity index (χ1v) is 7.69. The lowest BCUT2D eigenvalue weighted by molar-refractivity contribution is -0.384. The van der Waals surface area contributed by atoms with E-state index in [9.17, 15) is 23.3 Å². The maximum atomic E-state index is 10.5. The van der Waals surface area contributed by atoms with Gasteiger partial charge in [-0.1, -0.05) is 48.5 Å². The summed E-state index contributed by atoms with van der Waals surface area (Å²) >= 11 is 0. The summed E-state index contributed by atoms with van der Waals surface area (Å²) in [7, 11) is -2.60. The molecule has 2 aromatic carbocycles. The second-order valence-electron chi connectivity index (χ2n) is 4.44. The third kappa shape index (κ3) is 7.27. The third-order valence-electron chi connectivity index (χ3n) is 2.73. The monoisotopic (exact) mass is 350 g/mol. The molecule has 0 heterocycles. The minimum atomic E-state index is -2.60. The fourth-order valence-corrected chi connectivity index (χ4v) is 2.11. The maximum Gasteiger partial charge on any atom is 0.311 e. The van der Waals surface area contributed by atoms with E-state index < -0.39 is 27.4 Å². The zero-order valence-corrected chi connectivity index (χ0v) is 13.2. The highest BCUT2D eigenvalue weighted by Crippen LogP contribution is 2.20. The molecule has 0 bridgehead atoms. The molecule has 0 aliphatic rings. The van der Waals surface area contributed by atoms with Gasteiger partial charge in [-0.25, -0.2) is 0 Å². The lowest BCUT2D eigenvalue weighted by Crippen LogP contribution is -2.03. The Kier molecular flexibility index (Phi) is 7.79. The van der Waals surface area contributed by atoms with E-state index in [1.807, 2.05) is 0 Å². The Labute approximate surface area is 139 Å². The largest absolute Gasteiger partial charge is 0.481 e. The van der Waals surface area contributed by atoms with Crippen LogP contribution in [0.4, 0.5) is 5.69 Å². The number of benzene rings is 2. The van der Waals surface area contributed by atoms with Gasteiger partial charge < -0.3 is 5.11 Å². The van der Waals surface area contributed by atoms with Gasteiger partial charge >= 0.3 is 16.5 Å². The first-order valence-electron chi connectivity index (χ1n) is 6.66. The zero-order chi connectivity index (χ0) is 17.9. The molecule has 126 valence electrons. The van der Waals surface area contributed by atoms with Crippen molar-refractivity contribution in [3.63, 3.8) is 0 Å². The van der Waals surface area contributed by atoms with E-state index in [0.717, 1.165) is 0 Å². The molecule has 0 aromatic heterocycles. The average Bonchev–Trinajstić information content (AvgIpc) is 2.55. The minimum absolute atomic E-state index is 0.137. The number of nitro benzene ring substituents is 1. The summed E-state index contributed by atoms with van der Waals surface area (Å²) in [6, 6.07) is 15.5. The van der Waals surface area contributed by atoms with Gasteiger partial charge in [-0.05, 0) is 5.56 Å². The summed E-state index contributed by atoms with van der Waals surface area (Å²) in [4.78, 5) is 20.1. The molecule has 2 aromatic rings. The molecule has 1 atom stereocenters. The summed E-state index contributed by atoms with van der Waals surface area (Å²) < 4.78 is 24.1. The van der Waals surface area contributed by atoms with Crippen molar-refractivity contribution in [2.75, 3.05) is 0 Å². The molecule has 1 unspecified atom stereocenters. The topological polar surface area (TPSA) is 127 Å². The Morgan fingerprint density at radius 1 is 1.08 bits per heavy atom. The fourth-order valence-electron chi connectivity index (χ4n) is 1.71. The highest BCUT2D eigenvalue weighted by molar-refractivity contribution is 7.61. The van der Waals surface area contributed by atoms with Crippen LogP contribution in [-0.4, -0.2) is 24.4 Å². The molecular weight excluding hydrogens is 336 g/mol. The number of carboxylic acids is 1. The number of nitro groups is 1. The van der Waals surface area contributed by atoms with E-state index in [0.29, 0.717) is 5.56 Å². The van der Waals surface area contributed by atoms with Gasteiger partial charge in [-0.2, -0.15) is 12.8 Å². The van der Waals surface area contributed by atoms with Crippen molar-refractivity contribution in [2.45, 2.75) is 12.5 Å². The smallest absolute Gasteiger partial charge is 0.311 e. The van der Waals surface area contributed by atoms with Gasteiger partial charge in [0.15, 0.2) is 0 Å². The Hall–Kier alpha value is -3.07. The predicted molar refractivity (Wildman–Crippen MR) is 85.9 cm³/mol. The number of hydrogen-bond acceptors (Lipinski definition) is 6. The number of nitrogens with zero attached hydrogens (tertiary/aromatic N) is 2. The highest BCUT2D eigenvalue weighted by atomic mass is 32.2. The van der Waals surface area contributed by atoms with Crippen molar-refractivity contribution in [3.05, 3.63) is 76.3 Å². The number of carboxylic acid groups (broad SMARTS) is 1. The molecule has 0 spiro atoms. The van der Waals surface area contributed by atoms with Crippen molar-refractivity contribution in [2.24, 2.45) is 4.36 Å². The summed E-state index contributed by atoms with van der Waals surface area (Å²) in [5.41, 5.74) is 0.710. The number of rotatable bonds is 5. The van der Waals surface area contributed by atoms with Crippen LogP contribution in [0.3, 0.4) is 0 Å². The van der Waals surface area contributed by atoms with E-state index in [1.54, 1.807) is 48.5 Å². The van der Waals surface area contributed by atoms with Gasteiger partial charge in [0.05, 0.1) is 11.3 Å². The van der Waals surface area contributed by atoms with Gasteiger partial charge in [0.1, 0.15) is 6.04 Å². The van der Waals surface area contributed by atoms with Crippen LogP contribution in [0.15, 0.2) is 65.0 Å². The van der Waals surface area contributed by atoms with Crippen LogP contribution in [0.1, 0.15) is 18.0 Å². The van der Waals surface area contributed by atoms with E-state index in [4.69, 9.17) is 5.11 Å². The van der Waals surface area contributed by atoms with Crippen molar-refractivity contribution < 1.29 is 23.2 Å². The molecule has 0 saturated heterocycles. The van der Waals surface area contributed by atoms with Crippen LogP contribution in [-0.2, 0) is 15.3 Å². The number of non-ortho nitro benzene ring substituents is 1. The van der Waals surface area contributed by atoms with E-state index >= 15 is 0 Å². The number of hydrogen-bond donors (Lipinski definition) is 1. The lowest BCUT2D eigenvalue weighted by atomic mass is 10.1. The van der Waals surface area contributed by atoms with E-state index in [-0.39, 0.29) is 12.1 Å². The van der Waals surface area contributed by atoms with Crippen LogP contribution in [0.25, 0.3) is 0 Å². The Balaban J connectivity index is 0.000000272. The lowest BCUT2D eigenvalue weighted by Gasteiger charge is -2.06. The Morgan fingerprint density at radius 2 is 1.58 bits per heavy atom. The number of para-hydroxylation sites is 1. The Morgan fingerprint density at radius 3 is 1.96 bits per heavy atom. The molecule has 2 rings (SSSR count). The van der Waals surface area contributed by atoms with Crippen molar-refractivity contribution in [3.8, 4) is 0 Å². The molecule has 0 saturated carbocycles. The minimum Gasteiger partial charge on any atom is -0.481 e. The zero-order valence-electron chi connectivity index (χ0n) is 12.3. The van der Waals surface area contributed by atoms with Crippen molar-refractivity contribution in [1.82, 2.24) is 0 Å². The standard InChI is InChI=1S/C9H9NO4S.C6H5NO2/c11-9(12)6-8(10-15(13)14)7-4-2-1-3-5-7;8-7(9)6-4-2-1-3-5-6/h1-5,8H,6H2,(H,11,12);1-5H. The molecule has 0 amide bonds. The molecule has 24 heavy (non-hydrogen) atoms. The van der Waals surface area contributed by atoms with E-state index in [1.165, 1.54) is 12.1 Å². The summed E-state index contributed by atoms with van der Waals surface area (Å²) in [6.45, 7) is 0. The van der Waals surface area contributed by atoms with Crippen LogP contribution in [0.5, 0.6) is 0 Å². The average molecular weight is 350 g/mol. The SMILES string of the molecule is O=C(O)CC(N=S(=O)=O)c1ccccc1.O=[N+]([O-])c1ccccc1. The Bertz CT molecular complexity index is 798. The number of aliphatic carboxylic acids is 1. The van der Waals surface area contributed by atoms with Gasteiger partial charge in [0, 0.05) is 12.1 Å². The molecule has 0 aliphatic heterocycles.